The highest BCUT2D eigenvalue weighted by molar-refractivity contribution is 6.08. The lowest BCUT2D eigenvalue weighted by Crippen LogP contribution is -2.06. The van der Waals surface area contributed by atoms with Crippen LogP contribution in [0.3, 0.4) is 0 Å². The molecular formula is C12H16N2. The van der Waals surface area contributed by atoms with E-state index in [0.717, 1.165) is 17.0 Å². The van der Waals surface area contributed by atoms with Gasteiger partial charge in [0.05, 0.1) is 5.71 Å². The third-order valence-corrected chi connectivity index (χ3v) is 2.06. The van der Waals surface area contributed by atoms with E-state index >= 15 is 0 Å². The van der Waals surface area contributed by atoms with Gasteiger partial charge in [0.25, 0.3) is 0 Å². The van der Waals surface area contributed by atoms with Gasteiger partial charge in [-0.1, -0.05) is 30.3 Å². The van der Waals surface area contributed by atoms with Crippen molar-refractivity contribution in [3.05, 3.63) is 47.7 Å². The van der Waals surface area contributed by atoms with Crippen LogP contribution < -0.4 is 5.32 Å². The average molecular weight is 188 g/mol. The molecule has 0 saturated carbocycles. The Labute approximate surface area is 85.4 Å². The number of allylic oxidation sites excluding steroid dienone is 2. The summed E-state index contributed by atoms with van der Waals surface area (Å²) in [4.78, 5) is 4.25. The first kappa shape index (κ1) is 10.5. The van der Waals surface area contributed by atoms with Crippen LogP contribution in [0.15, 0.2) is 47.1 Å². The summed E-state index contributed by atoms with van der Waals surface area (Å²) in [5.74, 6) is 0. The molecule has 0 aliphatic rings. The number of nitrogens with one attached hydrogen (secondary N) is 1. The maximum atomic E-state index is 4.25. The molecule has 2 heteroatoms. The molecule has 0 aliphatic heterocycles. The number of benzene rings is 1. The van der Waals surface area contributed by atoms with E-state index in [1.54, 1.807) is 0 Å². The Morgan fingerprint density at radius 1 is 1.29 bits per heavy atom. The molecule has 0 radical (unpaired) electrons. The topological polar surface area (TPSA) is 24.4 Å². The Kier molecular flexibility index (Phi) is 3.92. The van der Waals surface area contributed by atoms with Crippen LogP contribution in [-0.2, 0) is 0 Å². The SMILES string of the molecule is C/N=C(\C=C(/C)NC)c1ccccc1. The normalized spacial score (nSPS) is 12.8. The summed E-state index contributed by atoms with van der Waals surface area (Å²) in [6, 6.07) is 10.2. The lowest BCUT2D eigenvalue weighted by atomic mass is 10.1. The van der Waals surface area contributed by atoms with Crippen LogP contribution in [0.1, 0.15) is 12.5 Å². The minimum atomic E-state index is 0.998. The Morgan fingerprint density at radius 2 is 1.93 bits per heavy atom. The molecule has 0 atom stereocenters. The van der Waals surface area contributed by atoms with Crippen LogP contribution in [0.5, 0.6) is 0 Å². The molecule has 1 aromatic carbocycles. The van der Waals surface area contributed by atoms with Crippen LogP contribution >= 0.6 is 0 Å². The van der Waals surface area contributed by atoms with Crippen molar-refractivity contribution in [3.63, 3.8) is 0 Å². The van der Waals surface area contributed by atoms with Gasteiger partial charge in [0.1, 0.15) is 0 Å². The second-order valence-electron chi connectivity index (χ2n) is 3.05. The van der Waals surface area contributed by atoms with E-state index in [0.29, 0.717) is 0 Å². The molecule has 1 rings (SSSR count). The van der Waals surface area contributed by atoms with Gasteiger partial charge in [0, 0.05) is 19.8 Å². The lowest BCUT2D eigenvalue weighted by Gasteiger charge is -2.03. The second kappa shape index (κ2) is 5.22. The van der Waals surface area contributed by atoms with Gasteiger partial charge in [-0.05, 0) is 18.6 Å². The molecule has 0 aromatic heterocycles. The van der Waals surface area contributed by atoms with E-state index in [4.69, 9.17) is 0 Å². The van der Waals surface area contributed by atoms with E-state index in [9.17, 15) is 0 Å². The minimum absolute atomic E-state index is 0.998. The van der Waals surface area contributed by atoms with E-state index in [1.807, 2.05) is 45.3 Å². The van der Waals surface area contributed by atoms with Crippen LogP contribution in [0, 0.1) is 0 Å². The number of aliphatic imine (C=N–C) groups is 1. The highest BCUT2D eigenvalue weighted by atomic mass is 14.8. The summed E-state index contributed by atoms with van der Waals surface area (Å²) in [7, 11) is 3.71. The predicted octanol–water partition coefficient (Wildman–Crippen LogP) is 2.23. The highest BCUT2D eigenvalue weighted by Crippen LogP contribution is 2.03. The highest BCUT2D eigenvalue weighted by Gasteiger charge is 1.97. The summed E-state index contributed by atoms with van der Waals surface area (Å²) in [6.45, 7) is 2.02. The standard InChI is InChI=1S/C12H16N2/c1-10(13-2)9-12(14-3)11-7-5-4-6-8-11/h4-9,13H,1-3H3/b10-9+,14-12+. The molecule has 1 aromatic rings. The summed E-state index contributed by atoms with van der Waals surface area (Å²) in [5, 5.41) is 3.08. The molecule has 0 spiro atoms. The first-order chi connectivity index (χ1) is 6.77. The first-order valence-electron chi connectivity index (χ1n) is 4.66. The third kappa shape index (κ3) is 2.73. The average Bonchev–Trinajstić information content (AvgIpc) is 2.26. The van der Waals surface area contributed by atoms with E-state index < -0.39 is 0 Å². The Morgan fingerprint density at radius 3 is 2.43 bits per heavy atom. The fraction of sp³-hybridized carbons (Fsp3) is 0.250. The maximum Gasteiger partial charge on any atom is 0.0660 e. The molecule has 0 bridgehead atoms. The molecule has 0 aliphatic carbocycles. The smallest absolute Gasteiger partial charge is 0.0660 e. The monoisotopic (exact) mass is 188 g/mol. The van der Waals surface area contributed by atoms with Crippen molar-refractivity contribution in [2.75, 3.05) is 14.1 Å². The maximum absolute atomic E-state index is 4.25. The van der Waals surface area contributed by atoms with Crippen molar-refractivity contribution in [1.29, 1.82) is 0 Å². The second-order valence-corrected chi connectivity index (χ2v) is 3.05. The molecule has 0 saturated heterocycles. The van der Waals surface area contributed by atoms with Gasteiger partial charge in [-0.3, -0.25) is 4.99 Å². The van der Waals surface area contributed by atoms with Crippen molar-refractivity contribution in [2.45, 2.75) is 6.92 Å². The predicted molar refractivity (Wildman–Crippen MR) is 61.7 cm³/mol. The van der Waals surface area contributed by atoms with Gasteiger partial charge in [-0.15, -0.1) is 0 Å². The summed E-state index contributed by atoms with van der Waals surface area (Å²) < 4.78 is 0. The van der Waals surface area contributed by atoms with Crippen molar-refractivity contribution in [1.82, 2.24) is 5.32 Å². The fourth-order valence-corrected chi connectivity index (χ4v) is 1.16. The van der Waals surface area contributed by atoms with Gasteiger partial charge >= 0.3 is 0 Å². The molecule has 14 heavy (non-hydrogen) atoms. The largest absolute Gasteiger partial charge is 0.392 e. The van der Waals surface area contributed by atoms with Gasteiger partial charge < -0.3 is 5.32 Å². The van der Waals surface area contributed by atoms with Crippen molar-refractivity contribution >= 4 is 5.71 Å². The van der Waals surface area contributed by atoms with Crippen LogP contribution in [0.4, 0.5) is 0 Å². The molecule has 2 nitrogen and oxygen atoms in total. The van der Waals surface area contributed by atoms with Gasteiger partial charge in [0.2, 0.25) is 0 Å². The number of hydrogen-bond acceptors (Lipinski definition) is 2. The summed E-state index contributed by atoms with van der Waals surface area (Å²) in [6.07, 6.45) is 2.04. The Balaban J connectivity index is 2.96. The third-order valence-electron chi connectivity index (χ3n) is 2.06. The molecular weight excluding hydrogens is 172 g/mol. The summed E-state index contributed by atoms with van der Waals surface area (Å²) in [5.41, 5.74) is 3.25. The van der Waals surface area contributed by atoms with E-state index in [1.165, 1.54) is 0 Å². The van der Waals surface area contributed by atoms with E-state index in [2.05, 4.69) is 22.4 Å². The van der Waals surface area contributed by atoms with E-state index in [-0.39, 0.29) is 0 Å². The molecule has 74 valence electrons. The van der Waals surface area contributed by atoms with Crippen LogP contribution in [0.2, 0.25) is 0 Å². The molecule has 0 heterocycles. The zero-order valence-corrected chi connectivity index (χ0v) is 8.91. The minimum Gasteiger partial charge on any atom is -0.392 e. The Bertz CT molecular complexity index is 337. The summed E-state index contributed by atoms with van der Waals surface area (Å²) >= 11 is 0. The van der Waals surface area contributed by atoms with Crippen molar-refractivity contribution in [3.8, 4) is 0 Å². The molecule has 0 fully saturated rings. The van der Waals surface area contributed by atoms with Gasteiger partial charge in [-0.2, -0.15) is 0 Å². The lowest BCUT2D eigenvalue weighted by molar-refractivity contribution is 0.992. The molecule has 0 unspecified atom stereocenters. The number of nitrogens with zero attached hydrogens (tertiary/aromatic N) is 1. The van der Waals surface area contributed by atoms with Gasteiger partial charge in [0.15, 0.2) is 0 Å². The Hall–Kier alpha value is -1.57. The first-order valence-corrected chi connectivity index (χ1v) is 4.66. The zero-order valence-electron chi connectivity index (χ0n) is 8.91. The number of rotatable bonds is 3. The quantitative estimate of drug-likeness (QED) is 0.723. The van der Waals surface area contributed by atoms with Crippen molar-refractivity contribution < 1.29 is 0 Å². The van der Waals surface area contributed by atoms with Crippen LogP contribution in [0.25, 0.3) is 0 Å². The molecule has 1 N–H and O–H groups in total. The number of hydrogen-bond donors (Lipinski definition) is 1. The van der Waals surface area contributed by atoms with Gasteiger partial charge in [-0.25, -0.2) is 0 Å². The zero-order chi connectivity index (χ0) is 10.4. The van der Waals surface area contributed by atoms with Crippen LogP contribution in [-0.4, -0.2) is 19.8 Å². The fourth-order valence-electron chi connectivity index (χ4n) is 1.16. The molecule has 0 amide bonds. The van der Waals surface area contributed by atoms with Crippen molar-refractivity contribution in [2.24, 2.45) is 4.99 Å².